The molecule has 1 aliphatic rings. The van der Waals surface area contributed by atoms with Crippen molar-refractivity contribution in [3.63, 3.8) is 0 Å². The molecule has 5 rings (SSSR count). The minimum absolute atomic E-state index is 0.206. The second-order valence-corrected chi connectivity index (χ2v) is 9.01. The number of carbonyl (C=O) groups is 1. The maximum atomic E-state index is 13.5. The summed E-state index contributed by atoms with van der Waals surface area (Å²) in [6, 6.07) is 18.7. The van der Waals surface area contributed by atoms with Crippen LogP contribution in [0.1, 0.15) is 36.0 Å². The molecule has 1 aliphatic heterocycles. The van der Waals surface area contributed by atoms with Gasteiger partial charge in [0.15, 0.2) is 5.72 Å². The zero-order chi connectivity index (χ0) is 24.4. The average molecular weight is 488 g/mol. The Morgan fingerprint density at radius 1 is 1.09 bits per heavy atom. The minimum Gasteiger partial charge on any atom is -0.449 e. The lowest BCUT2D eigenvalue weighted by Gasteiger charge is -2.47. The fraction of sp³-hybridized carbons (Fsp3) is 0.222. The predicted octanol–water partition coefficient (Wildman–Crippen LogP) is 5.54. The van der Waals surface area contributed by atoms with Crippen LogP contribution in [0.5, 0.6) is 0 Å². The minimum atomic E-state index is -1.33. The van der Waals surface area contributed by atoms with Crippen molar-refractivity contribution in [3.05, 3.63) is 98.7 Å². The molecule has 1 N–H and O–H groups in total. The molecule has 2 unspecified atom stereocenters. The van der Waals surface area contributed by atoms with Crippen molar-refractivity contribution < 1.29 is 14.3 Å². The second kappa shape index (κ2) is 9.48. The lowest BCUT2D eigenvalue weighted by molar-refractivity contribution is -0.0163. The molecule has 0 saturated carbocycles. The Bertz CT molecular complexity index is 1450. The van der Waals surface area contributed by atoms with Crippen LogP contribution in [0.3, 0.4) is 0 Å². The van der Waals surface area contributed by atoms with Crippen LogP contribution < -0.4 is 10.5 Å². The summed E-state index contributed by atoms with van der Waals surface area (Å²) in [5.74, 6) is -0.225. The highest BCUT2D eigenvalue weighted by atomic mass is 32.1. The van der Waals surface area contributed by atoms with Gasteiger partial charge >= 0.3 is 6.09 Å². The first kappa shape index (κ1) is 23.0. The number of para-hydroxylation sites is 2. The number of thiophene rings is 1. The first-order valence-corrected chi connectivity index (χ1v) is 12.4. The van der Waals surface area contributed by atoms with Gasteiger partial charge in [-0.1, -0.05) is 42.5 Å². The lowest BCUT2D eigenvalue weighted by atomic mass is 9.86. The number of aromatic amines is 1. The third-order valence-electron chi connectivity index (χ3n) is 6.00. The molecule has 2 atom stereocenters. The number of anilines is 1. The molecule has 1 amide bonds. The molecule has 0 radical (unpaired) electrons. The fourth-order valence-corrected chi connectivity index (χ4v) is 5.50. The van der Waals surface area contributed by atoms with E-state index in [0.717, 1.165) is 10.4 Å². The Morgan fingerprint density at radius 2 is 1.89 bits per heavy atom. The standard InChI is InChI=1S/C27H25N3O4S/c1-3-33-26(32)30-21-13-8-5-10-18(21)15-16-27(30,34-4-2)23(22-14-9-17-35-22)24-28-20-12-7-6-11-19(20)25(31)29-24/h5-17,23H,3-4H2,1-2H3,(H,28,29,31). The average Bonchev–Trinajstić information content (AvgIpc) is 3.38. The van der Waals surface area contributed by atoms with Gasteiger partial charge in [0.25, 0.3) is 5.56 Å². The lowest BCUT2D eigenvalue weighted by Crippen LogP contribution is -2.58. The summed E-state index contributed by atoms with van der Waals surface area (Å²) in [6.45, 7) is 4.16. The Kier molecular flexibility index (Phi) is 6.23. The Labute approximate surface area is 206 Å². The Morgan fingerprint density at radius 3 is 2.66 bits per heavy atom. The quantitative estimate of drug-likeness (QED) is 0.386. The highest BCUT2D eigenvalue weighted by Crippen LogP contribution is 2.47. The van der Waals surface area contributed by atoms with Crippen LogP contribution in [0.25, 0.3) is 17.0 Å². The molecule has 2 aromatic heterocycles. The molecule has 4 aromatic rings. The number of H-pyrrole nitrogens is 1. The van der Waals surface area contributed by atoms with Gasteiger partial charge in [-0.25, -0.2) is 14.7 Å². The number of ether oxygens (including phenoxy) is 2. The summed E-state index contributed by atoms with van der Waals surface area (Å²) in [5.41, 5.74) is 0.509. The van der Waals surface area contributed by atoms with Crippen molar-refractivity contribution in [1.82, 2.24) is 9.97 Å². The van der Waals surface area contributed by atoms with E-state index in [4.69, 9.17) is 14.5 Å². The van der Waals surface area contributed by atoms with Gasteiger partial charge in [0.1, 0.15) is 11.7 Å². The summed E-state index contributed by atoms with van der Waals surface area (Å²) in [4.78, 5) is 36.9. The van der Waals surface area contributed by atoms with E-state index >= 15 is 0 Å². The van der Waals surface area contributed by atoms with Crippen molar-refractivity contribution in [2.45, 2.75) is 25.5 Å². The molecular weight excluding hydrogens is 462 g/mol. The maximum absolute atomic E-state index is 13.5. The number of aromatic nitrogens is 2. The van der Waals surface area contributed by atoms with Crippen molar-refractivity contribution >= 4 is 40.1 Å². The molecule has 8 heteroatoms. The van der Waals surface area contributed by atoms with Gasteiger partial charge in [-0.3, -0.25) is 4.79 Å². The first-order chi connectivity index (χ1) is 17.1. The number of nitrogens with one attached hydrogen (secondary N) is 1. The third-order valence-corrected chi connectivity index (χ3v) is 6.94. The van der Waals surface area contributed by atoms with Crippen molar-refractivity contribution in [3.8, 4) is 0 Å². The number of rotatable bonds is 6. The number of fused-ring (bicyclic) bond motifs is 2. The molecule has 2 aromatic carbocycles. The molecule has 0 spiro atoms. The highest BCUT2D eigenvalue weighted by molar-refractivity contribution is 7.10. The maximum Gasteiger partial charge on any atom is 0.416 e. The molecule has 35 heavy (non-hydrogen) atoms. The van der Waals surface area contributed by atoms with Gasteiger partial charge < -0.3 is 14.5 Å². The highest BCUT2D eigenvalue weighted by Gasteiger charge is 2.52. The van der Waals surface area contributed by atoms with E-state index in [2.05, 4.69) is 4.98 Å². The molecular formula is C27H25N3O4S. The summed E-state index contributed by atoms with van der Waals surface area (Å²) in [5, 5.41) is 2.45. The van der Waals surface area contributed by atoms with E-state index in [-0.39, 0.29) is 12.2 Å². The first-order valence-electron chi connectivity index (χ1n) is 11.5. The number of hydrogen-bond donors (Lipinski definition) is 1. The van der Waals surface area contributed by atoms with Gasteiger partial charge in [0, 0.05) is 11.5 Å². The summed E-state index contributed by atoms with van der Waals surface area (Å²) in [7, 11) is 0. The van der Waals surface area contributed by atoms with Gasteiger partial charge in [-0.05, 0) is 55.1 Å². The van der Waals surface area contributed by atoms with Crippen LogP contribution in [0, 0.1) is 0 Å². The van der Waals surface area contributed by atoms with Crippen LogP contribution in [-0.2, 0) is 9.47 Å². The van der Waals surface area contributed by atoms with E-state index in [1.54, 1.807) is 24.0 Å². The topological polar surface area (TPSA) is 84.5 Å². The molecule has 0 saturated heterocycles. The van der Waals surface area contributed by atoms with Gasteiger partial charge in [0.05, 0.1) is 23.2 Å². The van der Waals surface area contributed by atoms with Crippen LogP contribution in [0.4, 0.5) is 10.5 Å². The van der Waals surface area contributed by atoms with Crippen LogP contribution in [-0.4, -0.2) is 35.0 Å². The summed E-state index contributed by atoms with van der Waals surface area (Å²) < 4.78 is 12.0. The van der Waals surface area contributed by atoms with Crippen molar-refractivity contribution in [2.24, 2.45) is 0 Å². The third kappa shape index (κ3) is 3.94. The SMILES string of the molecule is CCOC(=O)N1c2ccccc2C=CC1(OCC)C(c1nc2ccccc2c(=O)[nH]1)c1cccs1. The van der Waals surface area contributed by atoms with E-state index in [1.807, 2.05) is 73.0 Å². The predicted molar refractivity (Wildman–Crippen MR) is 138 cm³/mol. The van der Waals surface area contributed by atoms with E-state index in [9.17, 15) is 9.59 Å². The molecule has 7 nitrogen and oxygen atoms in total. The molecule has 178 valence electrons. The Hall–Kier alpha value is -3.75. The number of amides is 1. The second-order valence-electron chi connectivity index (χ2n) is 8.03. The van der Waals surface area contributed by atoms with Crippen LogP contribution in [0.15, 0.2) is 76.9 Å². The fourth-order valence-electron chi connectivity index (χ4n) is 4.62. The van der Waals surface area contributed by atoms with Crippen molar-refractivity contribution in [1.29, 1.82) is 0 Å². The molecule has 0 aliphatic carbocycles. The van der Waals surface area contributed by atoms with Gasteiger partial charge in [-0.2, -0.15) is 0 Å². The summed E-state index contributed by atoms with van der Waals surface area (Å²) in [6.07, 6.45) is 3.28. The monoisotopic (exact) mass is 487 g/mol. The van der Waals surface area contributed by atoms with Crippen molar-refractivity contribution in [2.75, 3.05) is 18.1 Å². The normalized spacial score (nSPS) is 17.8. The summed E-state index contributed by atoms with van der Waals surface area (Å²) >= 11 is 1.51. The molecule has 0 bridgehead atoms. The van der Waals surface area contributed by atoms with Crippen LogP contribution in [0.2, 0.25) is 0 Å². The van der Waals surface area contributed by atoms with Gasteiger partial charge in [-0.15, -0.1) is 11.3 Å². The number of benzene rings is 2. The zero-order valence-electron chi connectivity index (χ0n) is 19.4. The number of hydrogen-bond acceptors (Lipinski definition) is 6. The zero-order valence-corrected chi connectivity index (χ0v) is 20.2. The van der Waals surface area contributed by atoms with Gasteiger partial charge in [0.2, 0.25) is 0 Å². The van der Waals surface area contributed by atoms with E-state index < -0.39 is 17.7 Å². The smallest absolute Gasteiger partial charge is 0.416 e. The molecule has 3 heterocycles. The largest absolute Gasteiger partial charge is 0.449 e. The van der Waals surface area contributed by atoms with E-state index in [0.29, 0.717) is 29.0 Å². The number of carbonyl (C=O) groups excluding carboxylic acids is 1. The van der Waals surface area contributed by atoms with Crippen LogP contribution >= 0.6 is 11.3 Å². The Balaban J connectivity index is 1.81. The van der Waals surface area contributed by atoms with E-state index in [1.165, 1.54) is 11.3 Å². The molecule has 0 fully saturated rings. The number of nitrogens with zero attached hydrogens (tertiary/aromatic N) is 2.